The first-order valence-electron chi connectivity index (χ1n) is 9.87. The lowest BCUT2D eigenvalue weighted by Gasteiger charge is -2.31. The van der Waals surface area contributed by atoms with Crippen molar-refractivity contribution in [2.75, 3.05) is 25.0 Å². The molecule has 2 N–H and O–H groups in total. The molecule has 8 nitrogen and oxygen atoms in total. The fourth-order valence-corrected chi connectivity index (χ4v) is 3.17. The molecule has 1 fully saturated rings. The van der Waals surface area contributed by atoms with Gasteiger partial charge in [0.2, 0.25) is 0 Å². The number of nitrogens with one attached hydrogen (secondary N) is 2. The van der Waals surface area contributed by atoms with Crippen LogP contribution in [0.1, 0.15) is 41.4 Å². The van der Waals surface area contributed by atoms with Gasteiger partial charge >= 0.3 is 6.09 Å². The Morgan fingerprint density at radius 3 is 2.48 bits per heavy atom. The van der Waals surface area contributed by atoms with Crippen molar-refractivity contribution < 1.29 is 14.3 Å². The van der Waals surface area contributed by atoms with Gasteiger partial charge in [-0.05, 0) is 69.0 Å². The molecule has 1 aliphatic rings. The van der Waals surface area contributed by atoms with Crippen LogP contribution in [0.25, 0.3) is 0 Å². The molecule has 0 bridgehead atoms. The summed E-state index contributed by atoms with van der Waals surface area (Å²) in [6.07, 6.45) is 1.07. The van der Waals surface area contributed by atoms with Crippen molar-refractivity contribution in [2.24, 2.45) is 0 Å². The lowest BCUT2D eigenvalue weighted by atomic mass is 10.1. The summed E-state index contributed by atoms with van der Waals surface area (Å²) in [6, 6.07) is 9.46. The summed E-state index contributed by atoms with van der Waals surface area (Å²) in [5, 5.41) is 14.3. The molecule has 1 aliphatic heterocycles. The number of carbonyl (C=O) groups excluding carboxylic acids is 2. The third-order valence-electron chi connectivity index (χ3n) is 5.03. The molecule has 1 aromatic heterocycles. The Morgan fingerprint density at radius 1 is 1.10 bits per heavy atom. The maximum Gasteiger partial charge on any atom is 0.409 e. The average Bonchev–Trinajstić information content (AvgIpc) is 2.72. The van der Waals surface area contributed by atoms with E-state index < -0.39 is 0 Å². The molecule has 29 heavy (non-hydrogen) atoms. The summed E-state index contributed by atoms with van der Waals surface area (Å²) in [6.45, 7) is 7.39. The highest BCUT2D eigenvalue weighted by molar-refractivity contribution is 5.92. The number of benzene rings is 1. The van der Waals surface area contributed by atoms with Crippen LogP contribution < -0.4 is 10.6 Å². The van der Waals surface area contributed by atoms with E-state index in [0.717, 1.165) is 5.69 Å². The highest BCUT2D eigenvalue weighted by Crippen LogP contribution is 2.18. The van der Waals surface area contributed by atoms with Gasteiger partial charge in [0, 0.05) is 24.8 Å². The van der Waals surface area contributed by atoms with Crippen molar-refractivity contribution >= 4 is 23.5 Å². The first kappa shape index (κ1) is 20.6. The van der Waals surface area contributed by atoms with Gasteiger partial charge in [-0.25, -0.2) is 4.79 Å². The Morgan fingerprint density at radius 2 is 1.86 bits per heavy atom. The molecule has 2 aromatic rings. The second-order valence-corrected chi connectivity index (χ2v) is 7.16. The predicted octanol–water partition coefficient (Wildman–Crippen LogP) is 3.19. The quantitative estimate of drug-likeness (QED) is 0.804. The molecule has 3 rings (SSSR count). The van der Waals surface area contributed by atoms with Crippen LogP contribution >= 0.6 is 0 Å². The number of piperidine rings is 1. The largest absolute Gasteiger partial charge is 0.450 e. The van der Waals surface area contributed by atoms with Gasteiger partial charge in [0.05, 0.1) is 6.61 Å². The maximum absolute atomic E-state index is 12.4. The number of hydrogen-bond donors (Lipinski definition) is 2. The number of aryl methyl sites for hydroxylation is 2. The van der Waals surface area contributed by atoms with Gasteiger partial charge in [-0.3, -0.25) is 4.79 Å². The van der Waals surface area contributed by atoms with E-state index in [-0.39, 0.29) is 23.7 Å². The summed E-state index contributed by atoms with van der Waals surface area (Å²) >= 11 is 0. The summed E-state index contributed by atoms with van der Waals surface area (Å²) in [5.41, 5.74) is 3.60. The van der Waals surface area contributed by atoms with E-state index in [1.54, 1.807) is 24.0 Å². The van der Waals surface area contributed by atoms with E-state index in [1.807, 2.05) is 18.2 Å². The standard InChI is InChI=1S/C21H27N5O3/c1-4-29-21(28)26-11-9-16(10-12-26)23-20(27)18-7-8-19(25-24-18)22-17-6-5-14(2)15(3)13-17/h5-8,13,16H,4,9-12H2,1-3H3,(H,22,25)(H,23,27). The van der Waals surface area contributed by atoms with Crippen LogP contribution in [0.5, 0.6) is 0 Å². The molecule has 2 amide bonds. The van der Waals surface area contributed by atoms with Gasteiger partial charge in [0.15, 0.2) is 11.5 Å². The van der Waals surface area contributed by atoms with Crippen molar-refractivity contribution in [2.45, 2.75) is 39.7 Å². The number of carbonyl (C=O) groups is 2. The summed E-state index contributed by atoms with van der Waals surface area (Å²) in [5.74, 6) is 0.317. The van der Waals surface area contributed by atoms with Crippen molar-refractivity contribution in [1.29, 1.82) is 0 Å². The zero-order valence-electron chi connectivity index (χ0n) is 17.1. The number of ether oxygens (including phenoxy) is 1. The summed E-state index contributed by atoms with van der Waals surface area (Å²) in [7, 11) is 0. The zero-order chi connectivity index (χ0) is 20.8. The molecule has 0 unspecified atom stereocenters. The second kappa shape index (κ2) is 9.36. The van der Waals surface area contributed by atoms with E-state index in [0.29, 0.717) is 38.4 Å². The maximum atomic E-state index is 12.4. The summed E-state index contributed by atoms with van der Waals surface area (Å²) < 4.78 is 5.01. The fraction of sp³-hybridized carbons (Fsp3) is 0.429. The van der Waals surface area contributed by atoms with Crippen LogP contribution in [-0.4, -0.2) is 52.8 Å². The number of likely N-dealkylation sites (tertiary alicyclic amines) is 1. The molecule has 0 atom stereocenters. The third-order valence-corrected chi connectivity index (χ3v) is 5.03. The van der Waals surface area contributed by atoms with Crippen LogP contribution in [0, 0.1) is 13.8 Å². The van der Waals surface area contributed by atoms with E-state index in [1.165, 1.54) is 11.1 Å². The van der Waals surface area contributed by atoms with E-state index >= 15 is 0 Å². The van der Waals surface area contributed by atoms with Crippen LogP contribution in [0.4, 0.5) is 16.3 Å². The number of amides is 2. The van der Waals surface area contributed by atoms with Crippen molar-refractivity contribution in [3.05, 3.63) is 47.2 Å². The predicted molar refractivity (Wildman–Crippen MR) is 110 cm³/mol. The number of nitrogens with zero attached hydrogens (tertiary/aromatic N) is 3. The van der Waals surface area contributed by atoms with Crippen LogP contribution in [0.2, 0.25) is 0 Å². The van der Waals surface area contributed by atoms with Crippen LogP contribution in [0.15, 0.2) is 30.3 Å². The van der Waals surface area contributed by atoms with Crippen LogP contribution in [-0.2, 0) is 4.74 Å². The lowest BCUT2D eigenvalue weighted by molar-refractivity contribution is 0.0856. The molecular formula is C21H27N5O3. The van der Waals surface area contributed by atoms with Gasteiger partial charge in [0.25, 0.3) is 5.91 Å². The van der Waals surface area contributed by atoms with Crippen LogP contribution in [0.3, 0.4) is 0 Å². The van der Waals surface area contributed by atoms with Gasteiger partial charge in [-0.15, -0.1) is 10.2 Å². The minimum Gasteiger partial charge on any atom is -0.450 e. The number of hydrogen-bond acceptors (Lipinski definition) is 6. The Labute approximate surface area is 170 Å². The van der Waals surface area contributed by atoms with Gasteiger partial charge in [0.1, 0.15) is 0 Å². The lowest BCUT2D eigenvalue weighted by Crippen LogP contribution is -2.46. The molecule has 2 heterocycles. The molecule has 154 valence electrons. The highest BCUT2D eigenvalue weighted by atomic mass is 16.6. The Bertz CT molecular complexity index is 861. The second-order valence-electron chi connectivity index (χ2n) is 7.16. The zero-order valence-corrected chi connectivity index (χ0v) is 17.1. The molecule has 8 heteroatoms. The topological polar surface area (TPSA) is 96.5 Å². The molecule has 0 radical (unpaired) electrons. The molecule has 1 saturated heterocycles. The van der Waals surface area contributed by atoms with E-state index in [2.05, 4.69) is 34.7 Å². The smallest absolute Gasteiger partial charge is 0.409 e. The Balaban J connectivity index is 1.51. The minimum absolute atomic E-state index is 0.00307. The van der Waals surface area contributed by atoms with Gasteiger partial charge in [-0.1, -0.05) is 6.07 Å². The number of rotatable bonds is 5. The monoisotopic (exact) mass is 397 g/mol. The van der Waals surface area contributed by atoms with Gasteiger partial charge < -0.3 is 20.3 Å². The fourth-order valence-electron chi connectivity index (χ4n) is 3.17. The van der Waals surface area contributed by atoms with E-state index in [4.69, 9.17) is 4.74 Å². The highest BCUT2D eigenvalue weighted by Gasteiger charge is 2.25. The Hall–Kier alpha value is -3.16. The van der Waals surface area contributed by atoms with E-state index in [9.17, 15) is 9.59 Å². The van der Waals surface area contributed by atoms with Gasteiger partial charge in [-0.2, -0.15) is 0 Å². The number of anilines is 2. The number of aromatic nitrogens is 2. The minimum atomic E-state index is -0.296. The first-order chi connectivity index (χ1) is 14.0. The molecular weight excluding hydrogens is 370 g/mol. The van der Waals surface area contributed by atoms with Crippen molar-refractivity contribution in [3.63, 3.8) is 0 Å². The molecule has 0 saturated carbocycles. The summed E-state index contributed by atoms with van der Waals surface area (Å²) in [4.78, 5) is 25.8. The molecule has 0 aliphatic carbocycles. The normalized spacial score (nSPS) is 14.4. The first-order valence-corrected chi connectivity index (χ1v) is 9.87. The average molecular weight is 397 g/mol. The SMILES string of the molecule is CCOC(=O)N1CCC(NC(=O)c2ccc(Nc3ccc(C)c(C)c3)nn2)CC1. The van der Waals surface area contributed by atoms with Crippen molar-refractivity contribution in [1.82, 2.24) is 20.4 Å². The van der Waals surface area contributed by atoms with Crippen molar-refractivity contribution in [3.8, 4) is 0 Å². The third kappa shape index (κ3) is 5.43. The Kier molecular flexibility index (Phi) is 6.64. The molecule has 0 spiro atoms. The molecule has 1 aromatic carbocycles.